The molecule has 1 rings (SSSR count). The Balaban J connectivity index is 2.71. The van der Waals surface area contributed by atoms with E-state index in [2.05, 4.69) is 5.92 Å². The van der Waals surface area contributed by atoms with Crippen molar-refractivity contribution in [3.05, 3.63) is 24.2 Å². The van der Waals surface area contributed by atoms with Crippen molar-refractivity contribution in [1.29, 1.82) is 0 Å². The molecule has 0 aliphatic heterocycles. The summed E-state index contributed by atoms with van der Waals surface area (Å²) in [6.45, 7) is 1.77. The zero-order valence-corrected chi connectivity index (χ0v) is 6.32. The first-order valence-electron chi connectivity index (χ1n) is 3.43. The fraction of sp³-hybridized carbons (Fsp3) is 0.333. The summed E-state index contributed by atoms with van der Waals surface area (Å²) in [5.74, 6) is 2.76. The van der Waals surface area contributed by atoms with Crippen LogP contribution in [0.4, 0.5) is 0 Å². The minimum absolute atomic E-state index is 0.207. The van der Waals surface area contributed by atoms with E-state index in [1.807, 2.05) is 0 Å². The van der Waals surface area contributed by atoms with Crippen LogP contribution in [0.3, 0.4) is 0 Å². The predicted molar refractivity (Wildman–Crippen MR) is 41.7 cm³/mol. The number of hydrogen-bond donors (Lipinski definition) is 1. The molecular formula is C9H10O2. The smallest absolute Gasteiger partial charge is 0.133 e. The average Bonchev–Trinajstić information content (AvgIpc) is 2.53. The maximum Gasteiger partial charge on any atom is 0.133 e. The van der Waals surface area contributed by atoms with E-state index in [9.17, 15) is 5.11 Å². The molecule has 2 atom stereocenters. The molecule has 1 aromatic rings. The van der Waals surface area contributed by atoms with Crippen molar-refractivity contribution in [2.24, 2.45) is 5.92 Å². The van der Waals surface area contributed by atoms with Gasteiger partial charge in [-0.3, -0.25) is 0 Å². The van der Waals surface area contributed by atoms with E-state index in [0.29, 0.717) is 5.76 Å². The van der Waals surface area contributed by atoms with Gasteiger partial charge in [-0.2, -0.15) is 0 Å². The minimum atomic E-state index is -0.685. The Labute approximate surface area is 65.8 Å². The summed E-state index contributed by atoms with van der Waals surface area (Å²) in [5.41, 5.74) is 0. The van der Waals surface area contributed by atoms with Gasteiger partial charge in [0.1, 0.15) is 11.9 Å². The van der Waals surface area contributed by atoms with E-state index in [0.717, 1.165) is 0 Å². The van der Waals surface area contributed by atoms with Crippen LogP contribution in [0, 0.1) is 18.3 Å². The second kappa shape index (κ2) is 3.27. The normalized spacial score (nSPS) is 15.4. The lowest BCUT2D eigenvalue weighted by Gasteiger charge is -2.09. The molecule has 0 saturated carbocycles. The SMILES string of the molecule is C#C[C@H](C)[C@@H](O)c1ccco1. The number of rotatable bonds is 2. The van der Waals surface area contributed by atoms with Crippen LogP contribution in [-0.2, 0) is 0 Å². The van der Waals surface area contributed by atoms with Gasteiger partial charge < -0.3 is 9.52 Å². The second-order valence-electron chi connectivity index (χ2n) is 2.42. The van der Waals surface area contributed by atoms with Crippen molar-refractivity contribution in [2.75, 3.05) is 0 Å². The summed E-state index contributed by atoms with van der Waals surface area (Å²) >= 11 is 0. The summed E-state index contributed by atoms with van der Waals surface area (Å²) in [6.07, 6.45) is 5.96. The molecule has 58 valence electrons. The topological polar surface area (TPSA) is 33.4 Å². The molecule has 1 heterocycles. The van der Waals surface area contributed by atoms with Crippen molar-refractivity contribution in [3.63, 3.8) is 0 Å². The number of terminal acetylenes is 1. The third-order valence-electron chi connectivity index (χ3n) is 1.57. The number of aliphatic hydroxyl groups is 1. The molecule has 0 saturated heterocycles. The lowest BCUT2D eigenvalue weighted by molar-refractivity contribution is 0.118. The highest BCUT2D eigenvalue weighted by atomic mass is 16.4. The van der Waals surface area contributed by atoms with Gasteiger partial charge in [-0.15, -0.1) is 12.3 Å². The molecular weight excluding hydrogens is 140 g/mol. The van der Waals surface area contributed by atoms with Crippen LogP contribution in [-0.4, -0.2) is 5.11 Å². The van der Waals surface area contributed by atoms with Crippen LogP contribution in [0.1, 0.15) is 18.8 Å². The molecule has 0 radical (unpaired) electrons. The molecule has 1 aromatic heterocycles. The molecule has 2 heteroatoms. The first-order chi connectivity index (χ1) is 5.25. The third-order valence-corrected chi connectivity index (χ3v) is 1.57. The summed E-state index contributed by atoms with van der Waals surface area (Å²) in [6, 6.07) is 3.43. The van der Waals surface area contributed by atoms with Crippen LogP contribution < -0.4 is 0 Å². The Morgan fingerprint density at radius 2 is 2.45 bits per heavy atom. The number of furan rings is 1. The Bertz CT molecular complexity index is 243. The lowest BCUT2D eigenvalue weighted by atomic mass is 10.0. The highest BCUT2D eigenvalue weighted by Crippen LogP contribution is 2.20. The Morgan fingerprint density at radius 1 is 1.73 bits per heavy atom. The highest BCUT2D eigenvalue weighted by molar-refractivity contribution is 5.07. The summed E-state index contributed by atoms with van der Waals surface area (Å²) in [4.78, 5) is 0. The van der Waals surface area contributed by atoms with Gasteiger partial charge in [-0.1, -0.05) is 0 Å². The molecule has 11 heavy (non-hydrogen) atoms. The first kappa shape index (κ1) is 7.90. The van der Waals surface area contributed by atoms with Crippen molar-refractivity contribution in [3.8, 4) is 12.3 Å². The quantitative estimate of drug-likeness (QED) is 0.649. The van der Waals surface area contributed by atoms with E-state index in [4.69, 9.17) is 10.8 Å². The van der Waals surface area contributed by atoms with Crippen molar-refractivity contribution >= 4 is 0 Å². The zero-order valence-electron chi connectivity index (χ0n) is 6.32. The predicted octanol–water partition coefficient (Wildman–Crippen LogP) is 1.58. The Hall–Kier alpha value is -1.20. The molecule has 0 amide bonds. The molecule has 0 aliphatic carbocycles. The molecule has 0 spiro atoms. The van der Waals surface area contributed by atoms with Gasteiger partial charge in [0.2, 0.25) is 0 Å². The van der Waals surface area contributed by atoms with Gasteiger partial charge in [0.25, 0.3) is 0 Å². The molecule has 0 aliphatic rings. The van der Waals surface area contributed by atoms with Gasteiger partial charge >= 0.3 is 0 Å². The van der Waals surface area contributed by atoms with E-state index in [-0.39, 0.29) is 5.92 Å². The minimum Gasteiger partial charge on any atom is -0.467 e. The first-order valence-corrected chi connectivity index (χ1v) is 3.43. The van der Waals surface area contributed by atoms with E-state index < -0.39 is 6.10 Å². The van der Waals surface area contributed by atoms with Crippen molar-refractivity contribution in [1.82, 2.24) is 0 Å². The maximum atomic E-state index is 9.44. The maximum absolute atomic E-state index is 9.44. The van der Waals surface area contributed by atoms with Gasteiger partial charge in [0.05, 0.1) is 12.2 Å². The van der Waals surface area contributed by atoms with E-state index >= 15 is 0 Å². The second-order valence-corrected chi connectivity index (χ2v) is 2.42. The standard InChI is InChI=1S/C9H10O2/c1-3-7(2)9(10)8-5-4-6-11-8/h1,4-7,9-10H,2H3/t7-,9+/m0/s1. The zero-order chi connectivity index (χ0) is 8.27. The summed E-state index contributed by atoms with van der Waals surface area (Å²) < 4.78 is 4.97. The van der Waals surface area contributed by atoms with Gasteiger partial charge in [0, 0.05) is 0 Å². The van der Waals surface area contributed by atoms with Crippen LogP contribution in [0.15, 0.2) is 22.8 Å². The Morgan fingerprint density at radius 3 is 2.91 bits per heavy atom. The van der Waals surface area contributed by atoms with Gasteiger partial charge in [-0.05, 0) is 19.1 Å². The van der Waals surface area contributed by atoms with Crippen LogP contribution in [0.2, 0.25) is 0 Å². The van der Waals surface area contributed by atoms with Gasteiger partial charge in [0.15, 0.2) is 0 Å². The highest BCUT2D eigenvalue weighted by Gasteiger charge is 2.15. The summed E-state index contributed by atoms with van der Waals surface area (Å²) in [5, 5.41) is 9.44. The monoisotopic (exact) mass is 150 g/mol. The Kier molecular flexibility index (Phi) is 2.35. The molecule has 0 aromatic carbocycles. The van der Waals surface area contributed by atoms with Crippen LogP contribution in [0.25, 0.3) is 0 Å². The number of hydrogen-bond acceptors (Lipinski definition) is 2. The molecule has 0 unspecified atom stereocenters. The van der Waals surface area contributed by atoms with E-state index in [1.54, 1.807) is 19.1 Å². The molecule has 0 fully saturated rings. The van der Waals surface area contributed by atoms with Crippen LogP contribution >= 0.6 is 0 Å². The lowest BCUT2D eigenvalue weighted by Crippen LogP contribution is -2.05. The fourth-order valence-electron chi connectivity index (χ4n) is 0.797. The van der Waals surface area contributed by atoms with E-state index in [1.165, 1.54) is 6.26 Å². The van der Waals surface area contributed by atoms with Gasteiger partial charge in [-0.25, -0.2) is 0 Å². The molecule has 1 N–H and O–H groups in total. The van der Waals surface area contributed by atoms with Crippen molar-refractivity contribution < 1.29 is 9.52 Å². The average molecular weight is 150 g/mol. The third kappa shape index (κ3) is 1.63. The molecule has 2 nitrogen and oxygen atoms in total. The van der Waals surface area contributed by atoms with Crippen molar-refractivity contribution in [2.45, 2.75) is 13.0 Å². The fourth-order valence-corrected chi connectivity index (χ4v) is 0.797. The van der Waals surface area contributed by atoms with Crippen LogP contribution in [0.5, 0.6) is 0 Å². The largest absolute Gasteiger partial charge is 0.467 e. The summed E-state index contributed by atoms with van der Waals surface area (Å²) in [7, 11) is 0. The molecule has 0 bridgehead atoms. The number of aliphatic hydroxyl groups excluding tert-OH is 1.